The molecule has 7 heteroatoms. The highest BCUT2D eigenvalue weighted by Gasteiger charge is 2.45. The molecule has 1 unspecified atom stereocenters. The molecular weight excluding hydrogens is 477 g/mol. The van der Waals surface area contributed by atoms with Gasteiger partial charge in [-0.15, -0.1) is 11.3 Å². The lowest BCUT2D eigenvalue weighted by atomic mass is 9.69. The third kappa shape index (κ3) is 3.72. The van der Waals surface area contributed by atoms with Gasteiger partial charge in [-0.2, -0.15) is 5.26 Å². The first kappa shape index (κ1) is 21.8. The Bertz CT molecular complexity index is 1190. The Balaban J connectivity index is 2.00. The van der Waals surface area contributed by atoms with Crippen molar-refractivity contribution >= 4 is 38.7 Å². The fraction of sp³-hybridized carbons (Fsp3) is 0.333. The standard InChI is InChI=1S/C24H23BrFN3OS/c1-4-14-6-8-20(31-14)21-15(12-27)23(28)29(17-7-5-13(25)9-16(17)26)18-10-24(2,3)11-19(30)22(18)21/h5-9,21H,4,10-11,28H2,1-3H3. The number of hydrogen-bond donors (Lipinski definition) is 1. The fourth-order valence-electron chi connectivity index (χ4n) is 4.47. The molecule has 0 spiro atoms. The molecule has 160 valence electrons. The van der Waals surface area contributed by atoms with Gasteiger partial charge in [-0.3, -0.25) is 9.69 Å². The van der Waals surface area contributed by atoms with Crippen LogP contribution in [0.3, 0.4) is 0 Å². The van der Waals surface area contributed by atoms with Crippen molar-refractivity contribution in [2.45, 2.75) is 46.0 Å². The van der Waals surface area contributed by atoms with Crippen LogP contribution in [0.2, 0.25) is 0 Å². The largest absolute Gasteiger partial charge is 0.384 e. The molecule has 4 nitrogen and oxygen atoms in total. The lowest BCUT2D eigenvalue weighted by Gasteiger charge is -2.43. The first-order chi connectivity index (χ1) is 14.7. The van der Waals surface area contributed by atoms with Crippen LogP contribution in [-0.4, -0.2) is 5.78 Å². The Kier molecular flexibility index (Phi) is 5.57. The maximum atomic E-state index is 15.0. The number of anilines is 1. The normalized spacial score (nSPS) is 20.7. The number of nitrogens with zero attached hydrogens (tertiary/aromatic N) is 2. The lowest BCUT2D eigenvalue weighted by Crippen LogP contribution is -2.42. The fourth-order valence-corrected chi connectivity index (χ4v) is 5.88. The maximum absolute atomic E-state index is 15.0. The molecule has 2 N–H and O–H groups in total. The monoisotopic (exact) mass is 499 g/mol. The third-order valence-corrected chi connectivity index (χ3v) is 7.63. The minimum atomic E-state index is -0.511. The first-order valence-corrected chi connectivity index (χ1v) is 11.8. The van der Waals surface area contributed by atoms with E-state index in [-0.39, 0.29) is 22.7 Å². The van der Waals surface area contributed by atoms with Gasteiger partial charge >= 0.3 is 0 Å². The number of halogens is 2. The van der Waals surface area contributed by atoms with Gasteiger partial charge in [0.15, 0.2) is 5.78 Å². The number of rotatable bonds is 3. The van der Waals surface area contributed by atoms with E-state index in [1.807, 2.05) is 26.0 Å². The van der Waals surface area contributed by atoms with E-state index in [0.717, 1.165) is 11.3 Å². The van der Waals surface area contributed by atoms with E-state index >= 15 is 4.39 Å². The number of benzene rings is 1. The Hall–Kier alpha value is -2.43. The highest BCUT2D eigenvalue weighted by molar-refractivity contribution is 9.10. The molecule has 1 atom stereocenters. The van der Waals surface area contributed by atoms with Crippen LogP contribution in [0.1, 0.15) is 49.3 Å². The number of thiophene rings is 1. The summed E-state index contributed by atoms with van der Waals surface area (Å²) in [6.07, 6.45) is 1.82. The zero-order chi connectivity index (χ0) is 22.5. The van der Waals surface area contributed by atoms with Crippen molar-refractivity contribution in [3.8, 4) is 6.07 Å². The molecule has 1 aliphatic heterocycles. The summed E-state index contributed by atoms with van der Waals surface area (Å²) in [6, 6.07) is 11.0. The summed E-state index contributed by atoms with van der Waals surface area (Å²) >= 11 is 4.88. The van der Waals surface area contributed by atoms with Crippen molar-refractivity contribution in [1.82, 2.24) is 0 Å². The van der Waals surface area contributed by atoms with E-state index in [2.05, 4.69) is 28.9 Å². The molecule has 0 fully saturated rings. The third-order valence-electron chi connectivity index (χ3n) is 5.85. The van der Waals surface area contributed by atoms with E-state index < -0.39 is 11.7 Å². The summed E-state index contributed by atoms with van der Waals surface area (Å²) in [5.41, 5.74) is 8.04. The Morgan fingerprint density at radius 1 is 1.32 bits per heavy atom. The van der Waals surface area contributed by atoms with Gasteiger partial charge in [-0.05, 0) is 48.6 Å². The minimum Gasteiger partial charge on any atom is -0.384 e. The van der Waals surface area contributed by atoms with Crippen LogP contribution in [-0.2, 0) is 11.2 Å². The molecule has 2 heterocycles. The molecule has 0 saturated carbocycles. The predicted molar refractivity (Wildman–Crippen MR) is 125 cm³/mol. The van der Waals surface area contributed by atoms with Crippen molar-refractivity contribution in [3.05, 3.63) is 73.0 Å². The average molecular weight is 500 g/mol. The molecule has 2 aromatic rings. The maximum Gasteiger partial charge on any atom is 0.162 e. The minimum absolute atomic E-state index is 0.00883. The number of hydrogen-bond acceptors (Lipinski definition) is 5. The number of nitriles is 1. The zero-order valence-electron chi connectivity index (χ0n) is 17.6. The summed E-state index contributed by atoms with van der Waals surface area (Å²) in [5.74, 6) is -0.807. The van der Waals surface area contributed by atoms with E-state index in [4.69, 9.17) is 5.73 Å². The summed E-state index contributed by atoms with van der Waals surface area (Å²) < 4.78 is 15.6. The topological polar surface area (TPSA) is 70.1 Å². The molecule has 0 amide bonds. The summed E-state index contributed by atoms with van der Waals surface area (Å²) in [5, 5.41) is 10.1. The summed E-state index contributed by atoms with van der Waals surface area (Å²) in [6.45, 7) is 6.13. The number of carbonyl (C=O) groups excluding carboxylic acids is 1. The second-order valence-corrected chi connectivity index (χ2v) is 10.8. The Morgan fingerprint density at radius 2 is 2.06 bits per heavy atom. The number of carbonyl (C=O) groups is 1. The highest BCUT2D eigenvalue weighted by Crippen LogP contribution is 2.51. The molecule has 2 aliphatic rings. The smallest absolute Gasteiger partial charge is 0.162 e. The van der Waals surface area contributed by atoms with Crippen LogP contribution >= 0.6 is 27.3 Å². The molecule has 0 bridgehead atoms. The van der Waals surface area contributed by atoms with Crippen LogP contribution in [0.4, 0.5) is 10.1 Å². The quantitative estimate of drug-likeness (QED) is 0.549. The van der Waals surface area contributed by atoms with Crippen molar-refractivity contribution in [2.24, 2.45) is 11.1 Å². The number of allylic oxidation sites excluding steroid dienone is 3. The Labute approximate surface area is 194 Å². The molecule has 0 radical (unpaired) electrons. The van der Waals surface area contributed by atoms with Crippen molar-refractivity contribution < 1.29 is 9.18 Å². The van der Waals surface area contributed by atoms with E-state index in [1.165, 1.54) is 10.9 Å². The van der Waals surface area contributed by atoms with Crippen molar-refractivity contribution in [3.63, 3.8) is 0 Å². The average Bonchev–Trinajstić information content (AvgIpc) is 3.16. The second-order valence-electron chi connectivity index (χ2n) is 8.73. The molecule has 1 aliphatic carbocycles. The number of Topliss-reactive ketones (excluding diaryl/α,β-unsaturated/α-hetero) is 1. The SMILES string of the molecule is CCc1ccc(C2C(C#N)=C(N)N(c3ccc(Br)cc3F)C3=C2C(=O)CC(C)(C)C3)s1. The Morgan fingerprint density at radius 3 is 2.68 bits per heavy atom. The van der Waals surface area contributed by atoms with Crippen LogP contribution in [0.5, 0.6) is 0 Å². The van der Waals surface area contributed by atoms with Crippen LogP contribution in [0, 0.1) is 22.6 Å². The van der Waals surface area contributed by atoms with Gasteiger partial charge < -0.3 is 5.73 Å². The number of ketones is 1. The van der Waals surface area contributed by atoms with Gasteiger partial charge in [0.25, 0.3) is 0 Å². The van der Waals surface area contributed by atoms with Crippen molar-refractivity contribution in [2.75, 3.05) is 4.90 Å². The van der Waals surface area contributed by atoms with Gasteiger partial charge in [0.2, 0.25) is 0 Å². The van der Waals surface area contributed by atoms with Crippen LogP contribution < -0.4 is 10.6 Å². The van der Waals surface area contributed by atoms with Gasteiger partial charge in [0.05, 0.1) is 23.2 Å². The summed E-state index contributed by atoms with van der Waals surface area (Å²) in [4.78, 5) is 17.1. The summed E-state index contributed by atoms with van der Waals surface area (Å²) in [7, 11) is 0. The molecule has 31 heavy (non-hydrogen) atoms. The first-order valence-electron chi connectivity index (χ1n) is 10.2. The highest BCUT2D eigenvalue weighted by atomic mass is 79.9. The van der Waals surface area contributed by atoms with Gasteiger partial charge in [-0.25, -0.2) is 4.39 Å². The molecule has 1 aromatic carbocycles. The van der Waals surface area contributed by atoms with Crippen molar-refractivity contribution in [1.29, 1.82) is 5.26 Å². The van der Waals surface area contributed by atoms with Crippen LogP contribution in [0.15, 0.2) is 57.5 Å². The second kappa shape index (κ2) is 7.92. The lowest BCUT2D eigenvalue weighted by molar-refractivity contribution is -0.118. The van der Waals surface area contributed by atoms with E-state index in [0.29, 0.717) is 34.2 Å². The van der Waals surface area contributed by atoms with Gasteiger partial charge in [0, 0.05) is 31.9 Å². The number of nitrogens with two attached hydrogens (primary N) is 1. The molecular formula is C24H23BrFN3OS. The predicted octanol–water partition coefficient (Wildman–Crippen LogP) is 6.15. The molecule has 4 rings (SSSR count). The van der Waals surface area contributed by atoms with Gasteiger partial charge in [-0.1, -0.05) is 36.7 Å². The zero-order valence-corrected chi connectivity index (χ0v) is 20.0. The van der Waals surface area contributed by atoms with Gasteiger partial charge in [0.1, 0.15) is 11.6 Å². The molecule has 1 aromatic heterocycles. The van der Waals surface area contributed by atoms with Crippen LogP contribution in [0.25, 0.3) is 0 Å². The van der Waals surface area contributed by atoms with E-state index in [9.17, 15) is 10.1 Å². The van der Waals surface area contributed by atoms with E-state index in [1.54, 1.807) is 28.4 Å². The molecule has 0 saturated heterocycles. The number of aryl methyl sites for hydroxylation is 1.